The van der Waals surface area contributed by atoms with Crippen molar-refractivity contribution in [3.8, 4) is 5.75 Å². The topological polar surface area (TPSA) is 96.0 Å². The molecule has 0 aromatic heterocycles. The van der Waals surface area contributed by atoms with Crippen molar-refractivity contribution < 1.29 is 22.7 Å². The Morgan fingerprint density at radius 1 is 0.837 bits per heavy atom. The van der Waals surface area contributed by atoms with E-state index in [9.17, 15) is 18.0 Å². The lowest BCUT2D eigenvalue weighted by Crippen LogP contribution is -2.53. The molecule has 43 heavy (non-hydrogen) atoms. The highest BCUT2D eigenvalue weighted by Gasteiger charge is 2.34. The molecule has 0 aliphatic rings. The first-order valence-corrected chi connectivity index (χ1v) is 15.5. The lowest BCUT2D eigenvalue weighted by molar-refractivity contribution is -0.139. The van der Waals surface area contributed by atoms with Crippen LogP contribution >= 0.6 is 23.2 Å². The molecular weight excluding hydrogens is 609 g/mol. The number of halogens is 2. The summed E-state index contributed by atoms with van der Waals surface area (Å²) in [5.74, 6) is -0.433. The van der Waals surface area contributed by atoms with Crippen LogP contribution in [0.3, 0.4) is 0 Å². The molecule has 0 aliphatic carbocycles. The first kappa shape index (κ1) is 31.9. The Balaban J connectivity index is 1.81. The summed E-state index contributed by atoms with van der Waals surface area (Å²) in [6.07, 6.45) is 0.199. The van der Waals surface area contributed by atoms with E-state index in [2.05, 4.69) is 5.32 Å². The maximum absolute atomic E-state index is 14.3. The Morgan fingerprint density at radius 2 is 1.44 bits per heavy atom. The second kappa shape index (κ2) is 14.4. The molecule has 0 bridgehead atoms. The molecule has 224 valence electrons. The molecule has 8 nitrogen and oxygen atoms in total. The summed E-state index contributed by atoms with van der Waals surface area (Å²) in [6, 6.07) is 27.5. The van der Waals surface area contributed by atoms with E-state index >= 15 is 0 Å². The van der Waals surface area contributed by atoms with E-state index in [-0.39, 0.29) is 33.6 Å². The minimum atomic E-state index is -4.26. The molecule has 4 aromatic rings. The maximum Gasteiger partial charge on any atom is 0.264 e. The first-order chi connectivity index (χ1) is 20.6. The van der Waals surface area contributed by atoms with Gasteiger partial charge in [-0.3, -0.25) is 13.9 Å². The van der Waals surface area contributed by atoms with Crippen LogP contribution in [0, 0.1) is 0 Å². The number of methoxy groups -OCH3 is 1. The fourth-order valence-corrected chi connectivity index (χ4v) is 6.55. The number of ether oxygens (including phenoxy) is 1. The minimum Gasteiger partial charge on any atom is -0.497 e. The molecule has 0 saturated heterocycles. The third kappa shape index (κ3) is 8.07. The van der Waals surface area contributed by atoms with Gasteiger partial charge in [-0.05, 0) is 53.6 Å². The van der Waals surface area contributed by atoms with Gasteiger partial charge in [-0.1, -0.05) is 83.9 Å². The monoisotopic (exact) mass is 639 g/mol. The lowest BCUT2D eigenvalue weighted by atomic mass is 10.0. The zero-order valence-electron chi connectivity index (χ0n) is 23.6. The average molecular weight is 641 g/mol. The van der Waals surface area contributed by atoms with Crippen molar-refractivity contribution in [2.45, 2.75) is 23.9 Å². The molecule has 0 aliphatic heterocycles. The highest BCUT2D eigenvalue weighted by atomic mass is 35.5. The predicted molar refractivity (Wildman–Crippen MR) is 169 cm³/mol. The smallest absolute Gasteiger partial charge is 0.264 e. The molecule has 2 amide bonds. The van der Waals surface area contributed by atoms with E-state index in [0.717, 1.165) is 9.87 Å². The SMILES string of the molecule is CNC(=O)[C@@H](Cc1ccccc1)N(Cc1cccc(OC)c1)C(=O)CN(c1cc(Cl)cc(Cl)c1)S(=O)(=O)c1ccccc1. The summed E-state index contributed by atoms with van der Waals surface area (Å²) in [5.41, 5.74) is 1.63. The zero-order chi connectivity index (χ0) is 31.0. The summed E-state index contributed by atoms with van der Waals surface area (Å²) in [6.45, 7) is -0.614. The molecule has 0 unspecified atom stereocenters. The Morgan fingerprint density at radius 3 is 2.05 bits per heavy atom. The number of nitrogens with zero attached hydrogens (tertiary/aromatic N) is 2. The maximum atomic E-state index is 14.3. The summed E-state index contributed by atoms with van der Waals surface area (Å²) in [4.78, 5) is 29.0. The number of hydrogen-bond donors (Lipinski definition) is 1. The third-order valence-electron chi connectivity index (χ3n) is 6.75. The first-order valence-electron chi connectivity index (χ1n) is 13.3. The predicted octanol–water partition coefficient (Wildman–Crippen LogP) is 5.58. The van der Waals surface area contributed by atoms with Gasteiger partial charge in [0.2, 0.25) is 11.8 Å². The molecule has 1 N–H and O–H groups in total. The van der Waals surface area contributed by atoms with E-state index in [1.807, 2.05) is 30.3 Å². The van der Waals surface area contributed by atoms with E-state index < -0.39 is 34.4 Å². The molecule has 0 fully saturated rings. The van der Waals surface area contributed by atoms with Crippen molar-refractivity contribution in [3.63, 3.8) is 0 Å². The highest BCUT2D eigenvalue weighted by Crippen LogP contribution is 2.30. The van der Waals surface area contributed by atoms with Gasteiger partial charge in [0.15, 0.2) is 0 Å². The van der Waals surface area contributed by atoms with Crippen LogP contribution < -0.4 is 14.4 Å². The standard InChI is InChI=1S/C32H31Cl2N3O5S/c1-35-32(39)30(17-23-10-5-3-6-11-23)36(21-24-12-9-13-28(16-24)42-2)31(38)22-37(27-19-25(33)18-26(34)20-27)43(40,41)29-14-7-4-8-15-29/h3-16,18-20,30H,17,21-22H2,1-2H3,(H,35,39)/t30-/m1/s1. The van der Waals surface area contributed by atoms with Gasteiger partial charge in [0.25, 0.3) is 10.0 Å². The van der Waals surface area contributed by atoms with Crippen LogP contribution in [0.25, 0.3) is 0 Å². The van der Waals surface area contributed by atoms with Crippen LogP contribution in [-0.4, -0.2) is 51.9 Å². The largest absolute Gasteiger partial charge is 0.497 e. The van der Waals surface area contributed by atoms with Crippen molar-refractivity contribution in [1.82, 2.24) is 10.2 Å². The van der Waals surface area contributed by atoms with E-state index in [1.165, 1.54) is 49.4 Å². The average Bonchev–Trinajstić information content (AvgIpc) is 3.01. The quantitative estimate of drug-likeness (QED) is 0.218. The summed E-state index contributed by atoms with van der Waals surface area (Å²) in [7, 11) is -1.23. The molecule has 0 heterocycles. The van der Waals surface area contributed by atoms with Gasteiger partial charge >= 0.3 is 0 Å². The van der Waals surface area contributed by atoms with Crippen molar-refractivity contribution >= 4 is 50.7 Å². The molecule has 1 atom stereocenters. The minimum absolute atomic E-state index is 0.0104. The number of benzene rings is 4. The van der Waals surface area contributed by atoms with Gasteiger partial charge in [0.1, 0.15) is 18.3 Å². The second-order valence-corrected chi connectivity index (χ2v) is 12.4. The van der Waals surface area contributed by atoms with E-state index in [1.54, 1.807) is 42.5 Å². The molecule has 0 radical (unpaired) electrons. The molecule has 0 saturated carbocycles. The van der Waals surface area contributed by atoms with E-state index in [0.29, 0.717) is 11.3 Å². The van der Waals surface area contributed by atoms with Crippen LogP contribution in [0.2, 0.25) is 10.0 Å². The van der Waals surface area contributed by atoms with Gasteiger partial charge < -0.3 is 15.0 Å². The zero-order valence-corrected chi connectivity index (χ0v) is 25.9. The van der Waals surface area contributed by atoms with Gasteiger partial charge in [0.05, 0.1) is 17.7 Å². The number of carbonyl (C=O) groups excluding carboxylic acids is 2. The molecular formula is C32H31Cl2N3O5S. The number of likely N-dealkylation sites (N-methyl/N-ethyl adjacent to an activating group) is 1. The fraction of sp³-hybridized carbons (Fsp3) is 0.188. The van der Waals surface area contributed by atoms with Crippen molar-refractivity contribution in [2.75, 3.05) is 25.0 Å². The van der Waals surface area contributed by atoms with Crippen LogP contribution in [0.5, 0.6) is 5.75 Å². The van der Waals surface area contributed by atoms with Crippen molar-refractivity contribution in [1.29, 1.82) is 0 Å². The van der Waals surface area contributed by atoms with Crippen LogP contribution in [-0.2, 0) is 32.6 Å². The number of sulfonamides is 1. The molecule has 4 rings (SSSR count). The number of anilines is 1. The fourth-order valence-electron chi connectivity index (χ4n) is 4.62. The number of rotatable bonds is 12. The van der Waals surface area contributed by atoms with Gasteiger partial charge in [-0.25, -0.2) is 8.42 Å². The summed E-state index contributed by atoms with van der Waals surface area (Å²) in [5, 5.41) is 3.06. The van der Waals surface area contributed by atoms with Crippen LogP contribution in [0.1, 0.15) is 11.1 Å². The Labute approximate surface area is 261 Å². The Kier molecular flexibility index (Phi) is 10.7. The van der Waals surface area contributed by atoms with Crippen molar-refractivity contribution in [3.05, 3.63) is 124 Å². The Bertz CT molecular complexity index is 1650. The number of hydrogen-bond acceptors (Lipinski definition) is 5. The van der Waals surface area contributed by atoms with Gasteiger partial charge in [-0.2, -0.15) is 0 Å². The van der Waals surface area contributed by atoms with E-state index in [4.69, 9.17) is 27.9 Å². The Hall–Kier alpha value is -4.05. The normalized spacial score (nSPS) is 11.8. The van der Waals surface area contributed by atoms with Crippen LogP contribution in [0.15, 0.2) is 108 Å². The summed E-state index contributed by atoms with van der Waals surface area (Å²) >= 11 is 12.5. The van der Waals surface area contributed by atoms with Crippen LogP contribution in [0.4, 0.5) is 5.69 Å². The van der Waals surface area contributed by atoms with Gasteiger partial charge in [-0.15, -0.1) is 0 Å². The lowest BCUT2D eigenvalue weighted by Gasteiger charge is -2.33. The molecule has 11 heteroatoms. The number of carbonyl (C=O) groups is 2. The number of nitrogens with one attached hydrogen (secondary N) is 1. The molecule has 0 spiro atoms. The van der Waals surface area contributed by atoms with Crippen molar-refractivity contribution in [2.24, 2.45) is 0 Å². The highest BCUT2D eigenvalue weighted by molar-refractivity contribution is 7.92. The molecule has 4 aromatic carbocycles. The van der Waals surface area contributed by atoms with Gasteiger partial charge in [0, 0.05) is 30.1 Å². The third-order valence-corrected chi connectivity index (χ3v) is 8.97. The summed E-state index contributed by atoms with van der Waals surface area (Å²) < 4.78 is 34.3. The second-order valence-electron chi connectivity index (χ2n) is 9.65. The number of amides is 2.